The normalized spacial score (nSPS) is 11.5. The molecule has 0 fully saturated rings. The van der Waals surface area contributed by atoms with E-state index in [1.165, 1.54) is 0 Å². The second kappa shape index (κ2) is 9.87. The van der Waals surface area contributed by atoms with Crippen LogP contribution in [0.25, 0.3) is 27.7 Å². The van der Waals surface area contributed by atoms with Gasteiger partial charge in [-0.2, -0.15) is 0 Å². The third-order valence-electron chi connectivity index (χ3n) is 5.78. The van der Waals surface area contributed by atoms with Crippen molar-refractivity contribution < 1.29 is 18.7 Å². The monoisotopic (exact) mass is 455 g/mol. The van der Waals surface area contributed by atoms with E-state index in [-0.39, 0.29) is 5.91 Å². The molecule has 0 radical (unpaired) electrons. The van der Waals surface area contributed by atoms with Crippen molar-refractivity contribution in [2.75, 3.05) is 19.0 Å². The summed E-state index contributed by atoms with van der Waals surface area (Å²) in [6.07, 6.45) is 3.34. The van der Waals surface area contributed by atoms with Gasteiger partial charge in [-0.25, -0.2) is 0 Å². The van der Waals surface area contributed by atoms with Gasteiger partial charge >= 0.3 is 0 Å². The van der Waals surface area contributed by atoms with Crippen LogP contribution in [0.1, 0.15) is 30.5 Å². The maximum absolute atomic E-state index is 12.8. The fourth-order valence-corrected chi connectivity index (χ4v) is 4.05. The number of carbonyl (C=O) groups excluding carboxylic acids is 1. The van der Waals surface area contributed by atoms with Crippen molar-refractivity contribution in [1.82, 2.24) is 0 Å². The number of nitrogens with one attached hydrogen (secondary N) is 1. The molecular formula is C29H29NO4. The number of aryl methyl sites for hydroxylation is 2. The first-order chi connectivity index (χ1) is 16.4. The lowest BCUT2D eigenvalue weighted by atomic mass is 9.99. The van der Waals surface area contributed by atoms with Crippen LogP contribution in [-0.4, -0.2) is 19.6 Å². The van der Waals surface area contributed by atoms with E-state index in [2.05, 4.69) is 5.32 Å². The van der Waals surface area contributed by atoms with E-state index in [4.69, 9.17) is 13.9 Å². The summed E-state index contributed by atoms with van der Waals surface area (Å²) in [6.45, 7) is 8.51. The zero-order valence-corrected chi connectivity index (χ0v) is 20.2. The molecule has 34 heavy (non-hydrogen) atoms. The van der Waals surface area contributed by atoms with Crippen LogP contribution in [0.5, 0.6) is 11.5 Å². The largest absolute Gasteiger partial charge is 0.496 e. The number of allylic oxidation sites excluding steroid dienone is 1. The molecule has 1 N–H and O–H groups in total. The van der Waals surface area contributed by atoms with Crippen LogP contribution in [0, 0.1) is 13.8 Å². The number of carbonyl (C=O) groups is 1. The Labute approximate surface area is 200 Å². The zero-order valence-electron chi connectivity index (χ0n) is 20.2. The third kappa shape index (κ3) is 4.84. The van der Waals surface area contributed by atoms with Crippen molar-refractivity contribution in [3.63, 3.8) is 0 Å². The SMILES string of the molecule is CCOc1ccc(-c2coc3cc(OC)c(/C(C)=C/C(=O)Nc4ccc(C)cc4C)cc23)cc1. The molecule has 4 aromatic rings. The van der Waals surface area contributed by atoms with Crippen molar-refractivity contribution >= 4 is 28.1 Å². The van der Waals surface area contributed by atoms with Crippen LogP contribution in [0.2, 0.25) is 0 Å². The minimum atomic E-state index is -0.189. The van der Waals surface area contributed by atoms with Gasteiger partial charge in [0.15, 0.2) is 0 Å². The van der Waals surface area contributed by atoms with Crippen LogP contribution >= 0.6 is 0 Å². The molecule has 1 aromatic heterocycles. The van der Waals surface area contributed by atoms with Gasteiger partial charge in [-0.05, 0) is 68.7 Å². The summed E-state index contributed by atoms with van der Waals surface area (Å²) in [5.41, 5.74) is 7.31. The molecule has 0 atom stereocenters. The summed E-state index contributed by atoms with van der Waals surface area (Å²) in [5.74, 6) is 1.29. The summed E-state index contributed by atoms with van der Waals surface area (Å²) in [4.78, 5) is 12.8. The number of hydrogen-bond donors (Lipinski definition) is 1. The number of furan rings is 1. The van der Waals surface area contributed by atoms with Gasteiger partial charge in [-0.3, -0.25) is 4.79 Å². The van der Waals surface area contributed by atoms with Gasteiger partial charge in [-0.1, -0.05) is 29.8 Å². The first-order valence-electron chi connectivity index (χ1n) is 11.3. The predicted molar refractivity (Wildman–Crippen MR) is 138 cm³/mol. The van der Waals surface area contributed by atoms with Crippen LogP contribution in [0.3, 0.4) is 0 Å². The summed E-state index contributed by atoms with van der Waals surface area (Å²) in [7, 11) is 1.62. The van der Waals surface area contributed by atoms with Crippen LogP contribution in [-0.2, 0) is 4.79 Å². The van der Waals surface area contributed by atoms with Gasteiger partial charge in [0.25, 0.3) is 0 Å². The minimum Gasteiger partial charge on any atom is -0.496 e. The standard InChI is InChI=1S/C29H29NO4/c1-6-33-22-10-8-21(9-11-22)25-17-34-28-16-27(32-5)23(15-24(25)28)19(3)14-29(31)30-26-12-7-18(2)13-20(26)4/h7-17H,6H2,1-5H3,(H,30,31)/b19-14+. The smallest absolute Gasteiger partial charge is 0.248 e. The summed E-state index contributed by atoms with van der Waals surface area (Å²) in [6, 6.07) is 17.8. The summed E-state index contributed by atoms with van der Waals surface area (Å²) in [5, 5.41) is 3.92. The van der Waals surface area contributed by atoms with Crippen LogP contribution in [0.4, 0.5) is 5.69 Å². The van der Waals surface area contributed by atoms with Gasteiger partial charge in [0, 0.05) is 34.3 Å². The molecule has 0 aliphatic rings. The molecule has 3 aromatic carbocycles. The molecule has 0 spiro atoms. The Morgan fingerprint density at radius 3 is 2.50 bits per heavy atom. The number of amides is 1. The van der Waals surface area contributed by atoms with Gasteiger partial charge in [0.2, 0.25) is 5.91 Å². The molecule has 4 rings (SSSR count). The number of methoxy groups -OCH3 is 1. The first-order valence-corrected chi connectivity index (χ1v) is 11.3. The lowest BCUT2D eigenvalue weighted by molar-refractivity contribution is -0.111. The van der Waals surface area contributed by atoms with Gasteiger partial charge in [0.05, 0.1) is 20.0 Å². The fourth-order valence-electron chi connectivity index (χ4n) is 4.05. The van der Waals surface area contributed by atoms with E-state index < -0.39 is 0 Å². The highest BCUT2D eigenvalue weighted by atomic mass is 16.5. The second-order valence-corrected chi connectivity index (χ2v) is 8.29. The average Bonchev–Trinajstić information content (AvgIpc) is 3.23. The molecule has 0 unspecified atom stereocenters. The maximum atomic E-state index is 12.8. The molecule has 0 aliphatic heterocycles. The highest BCUT2D eigenvalue weighted by molar-refractivity contribution is 6.05. The van der Waals surface area contributed by atoms with Crippen LogP contribution in [0.15, 0.2) is 71.4 Å². The Morgan fingerprint density at radius 1 is 1.06 bits per heavy atom. The molecular weight excluding hydrogens is 426 g/mol. The number of anilines is 1. The average molecular weight is 456 g/mol. The Balaban J connectivity index is 1.68. The third-order valence-corrected chi connectivity index (χ3v) is 5.78. The molecule has 174 valence electrons. The number of ether oxygens (including phenoxy) is 2. The zero-order chi connectivity index (χ0) is 24.2. The summed E-state index contributed by atoms with van der Waals surface area (Å²) < 4.78 is 17.0. The van der Waals surface area contributed by atoms with Crippen molar-refractivity contribution in [2.45, 2.75) is 27.7 Å². The Morgan fingerprint density at radius 2 is 1.82 bits per heavy atom. The quantitative estimate of drug-likeness (QED) is 0.300. The number of rotatable bonds is 7. The molecule has 0 bridgehead atoms. The first kappa shape index (κ1) is 23.2. The van der Waals surface area contributed by atoms with E-state index in [1.807, 2.05) is 82.3 Å². The highest BCUT2D eigenvalue weighted by Crippen LogP contribution is 2.37. The van der Waals surface area contributed by atoms with Gasteiger partial charge in [0.1, 0.15) is 17.1 Å². The summed E-state index contributed by atoms with van der Waals surface area (Å²) >= 11 is 0. The van der Waals surface area contributed by atoms with Crippen molar-refractivity contribution in [3.8, 4) is 22.6 Å². The molecule has 1 heterocycles. The lowest BCUT2D eigenvalue weighted by Gasteiger charge is -2.11. The van der Waals surface area contributed by atoms with E-state index in [9.17, 15) is 4.79 Å². The van der Waals surface area contributed by atoms with Gasteiger partial charge < -0.3 is 19.2 Å². The molecule has 1 amide bonds. The van der Waals surface area contributed by atoms with E-state index in [0.29, 0.717) is 12.4 Å². The fraction of sp³-hybridized carbons (Fsp3) is 0.207. The van der Waals surface area contributed by atoms with Crippen molar-refractivity contribution in [2.24, 2.45) is 0 Å². The molecule has 0 saturated carbocycles. The number of fused-ring (bicyclic) bond motifs is 1. The van der Waals surface area contributed by atoms with Crippen molar-refractivity contribution in [1.29, 1.82) is 0 Å². The minimum absolute atomic E-state index is 0.189. The number of benzene rings is 3. The van der Waals surface area contributed by atoms with E-state index >= 15 is 0 Å². The topological polar surface area (TPSA) is 60.7 Å². The molecule has 5 nitrogen and oxygen atoms in total. The van der Waals surface area contributed by atoms with Crippen LogP contribution < -0.4 is 14.8 Å². The Hall–Kier alpha value is -3.99. The molecule has 0 aliphatic carbocycles. The highest BCUT2D eigenvalue weighted by Gasteiger charge is 2.15. The number of hydrogen-bond acceptors (Lipinski definition) is 4. The second-order valence-electron chi connectivity index (χ2n) is 8.29. The molecule has 5 heteroatoms. The van der Waals surface area contributed by atoms with E-state index in [1.54, 1.807) is 19.4 Å². The molecule has 0 saturated heterocycles. The Kier molecular flexibility index (Phi) is 6.73. The van der Waals surface area contributed by atoms with Gasteiger partial charge in [-0.15, -0.1) is 0 Å². The Bertz CT molecular complexity index is 1360. The lowest BCUT2D eigenvalue weighted by Crippen LogP contribution is -2.10. The maximum Gasteiger partial charge on any atom is 0.248 e. The van der Waals surface area contributed by atoms with E-state index in [0.717, 1.165) is 55.8 Å². The van der Waals surface area contributed by atoms with Crippen molar-refractivity contribution in [3.05, 3.63) is 83.6 Å². The predicted octanol–water partition coefficient (Wildman–Crippen LogP) is 7.17.